The summed E-state index contributed by atoms with van der Waals surface area (Å²) in [6.45, 7) is 9.02. The van der Waals surface area contributed by atoms with Gasteiger partial charge in [-0.1, -0.05) is 19.9 Å². The minimum Gasteiger partial charge on any atom is -0.486 e. The van der Waals surface area contributed by atoms with Gasteiger partial charge in [0.2, 0.25) is 0 Å². The van der Waals surface area contributed by atoms with Gasteiger partial charge in [-0.3, -0.25) is 0 Å². The highest BCUT2D eigenvalue weighted by Crippen LogP contribution is 2.27. The smallest absolute Gasteiger partial charge is 0.140 e. The zero-order valence-electron chi connectivity index (χ0n) is 12.4. The molecule has 0 atom stereocenters. The molecule has 2 rings (SSSR count). The fourth-order valence-electron chi connectivity index (χ4n) is 2.20. The topological polar surface area (TPSA) is 22.1 Å². The van der Waals surface area contributed by atoms with E-state index in [-0.39, 0.29) is 0 Å². The van der Waals surface area contributed by atoms with Crippen LogP contribution in [0.25, 0.3) is 0 Å². The predicted octanol–water partition coefficient (Wildman–Crippen LogP) is 4.89. The molecule has 0 radical (unpaired) electrons. The molecule has 0 saturated carbocycles. The molecular weight excluding hydrogens is 286 g/mol. The summed E-state index contributed by atoms with van der Waals surface area (Å²) in [4.78, 5) is 5.94. The van der Waals surface area contributed by atoms with Gasteiger partial charge in [0.15, 0.2) is 0 Å². The van der Waals surface area contributed by atoms with Gasteiger partial charge in [-0.25, -0.2) is 4.98 Å². The molecule has 0 bridgehead atoms. The Balaban J connectivity index is 2.10. The molecule has 20 heavy (non-hydrogen) atoms. The van der Waals surface area contributed by atoms with E-state index in [1.165, 1.54) is 16.0 Å². The first-order valence-corrected chi connectivity index (χ1v) is 8.25. The Labute approximate surface area is 130 Å². The van der Waals surface area contributed by atoms with Gasteiger partial charge < -0.3 is 4.74 Å². The number of aromatic nitrogens is 1. The van der Waals surface area contributed by atoms with E-state index in [0.29, 0.717) is 12.5 Å². The van der Waals surface area contributed by atoms with Gasteiger partial charge in [0.05, 0.1) is 5.69 Å². The number of aryl methyl sites for hydroxylation is 2. The minimum atomic E-state index is 0.434. The maximum Gasteiger partial charge on any atom is 0.140 e. The van der Waals surface area contributed by atoms with E-state index in [1.807, 2.05) is 0 Å². The van der Waals surface area contributed by atoms with Crippen molar-refractivity contribution in [2.24, 2.45) is 0 Å². The molecular formula is C16H21NOS2. The van der Waals surface area contributed by atoms with Crippen LogP contribution in [0.15, 0.2) is 18.2 Å². The van der Waals surface area contributed by atoms with Crippen LogP contribution in [0.2, 0.25) is 0 Å². The second-order valence-corrected chi connectivity index (χ2v) is 6.83. The number of ether oxygens (including phenoxy) is 1. The van der Waals surface area contributed by atoms with Crippen molar-refractivity contribution in [3.63, 3.8) is 0 Å². The molecule has 4 heteroatoms. The van der Waals surface area contributed by atoms with Gasteiger partial charge in [0, 0.05) is 10.6 Å². The van der Waals surface area contributed by atoms with Gasteiger partial charge in [0.1, 0.15) is 17.4 Å². The van der Waals surface area contributed by atoms with Gasteiger partial charge >= 0.3 is 0 Å². The summed E-state index contributed by atoms with van der Waals surface area (Å²) in [5.41, 5.74) is 3.60. The molecule has 1 heterocycles. The summed E-state index contributed by atoms with van der Waals surface area (Å²) < 4.78 is 5.87. The number of rotatable bonds is 5. The van der Waals surface area contributed by atoms with E-state index in [2.05, 4.69) is 63.5 Å². The van der Waals surface area contributed by atoms with E-state index in [9.17, 15) is 0 Å². The van der Waals surface area contributed by atoms with Crippen molar-refractivity contribution in [1.29, 1.82) is 0 Å². The van der Waals surface area contributed by atoms with Gasteiger partial charge in [0.25, 0.3) is 0 Å². The van der Waals surface area contributed by atoms with Crippen molar-refractivity contribution in [3.05, 3.63) is 44.9 Å². The van der Waals surface area contributed by atoms with Crippen molar-refractivity contribution >= 4 is 24.0 Å². The third kappa shape index (κ3) is 3.76. The molecule has 0 amide bonds. The SMILES string of the molecule is Cc1cc(C)cc(OCc2nc(C(C)C)c(CS)s2)c1. The number of benzene rings is 1. The molecule has 0 aliphatic heterocycles. The largest absolute Gasteiger partial charge is 0.486 e. The van der Waals surface area contributed by atoms with Crippen LogP contribution in [-0.2, 0) is 12.4 Å². The zero-order valence-corrected chi connectivity index (χ0v) is 14.1. The summed E-state index contributed by atoms with van der Waals surface area (Å²) in [6.07, 6.45) is 0. The Morgan fingerprint density at radius 1 is 1.20 bits per heavy atom. The lowest BCUT2D eigenvalue weighted by Crippen LogP contribution is -1.97. The van der Waals surface area contributed by atoms with E-state index >= 15 is 0 Å². The lowest BCUT2D eigenvalue weighted by atomic mass is 10.1. The van der Waals surface area contributed by atoms with Crippen LogP contribution in [0.1, 0.15) is 46.5 Å². The normalized spacial score (nSPS) is 11.1. The van der Waals surface area contributed by atoms with Gasteiger partial charge in [-0.15, -0.1) is 11.3 Å². The van der Waals surface area contributed by atoms with Crippen LogP contribution < -0.4 is 4.74 Å². The second kappa shape index (κ2) is 6.64. The summed E-state index contributed by atoms with van der Waals surface area (Å²) in [5, 5.41) is 1.02. The van der Waals surface area contributed by atoms with Crippen LogP contribution in [0.5, 0.6) is 5.75 Å². The summed E-state index contributed by atoms with van der Waals surface area (Å²) in [7, 11) is 0. The third-order valence-corrected chi connectivity index (χ3v) is 4.59. The molecule has 0 fully saturated rings. The lowest BCUT2D eigenvalue weighted by Gasteiger charge is -2.06. The average molecular weight is 307 g/mol. The molecule has 2 nitrogen and oxygen atoms in total. The average Bonchev–Trinajstić information content (AvgIpc) is 2.78. The Bertz CT molecular complexity index is 570. The van der Waals surface area contributed by atoms with Crippen LogP contribution >= 0.6 is 24.0 Å². The standard InChI is InChI=1S/C16H21NOS2/c1-10(2)16-14(9-19)20-15(17-16)8-18-13-6-11(3)5-12(4)7-13/h5-7,10,19H,8-9H2,1-4H3. The van der Waals surface area contributed by atoms with Crippen LogP contribution in [0.4, 0.5) is 0 Å². The van der Waals surface area contributed by atoms with Crippen molar-refractivity contribution in [1.82, 2.24) is 4.98 Å². The highest BCUT2D eigenvalue weighted by Gasteiger charge is 2.13. The lowest BCUT2D eigenvalue weighted by molar-refractivity contribution is 0.305. The summed E-state index contributed by atoms with van der Waals surface area (Å²) in [5.74, 6) is 2.09. The van der Waals surface area contributed by atoms with Crippen LogP contribution in [-0.4, -0.2) is 4.98 Å². The van der Waals surface area contributed by atoms with Crippen LogP contribution in [0.3, 0.4) is 0 Å². The minimum absolute atomic E-state index is 0.434. The van der Waals surface area contributed by atoms with Crippen LogP contribution in [0, 0.1) is 13.8 Å². The monoisotopic (exact) mass is 307 g/mol. The number of hydrogen-bond donors (Lipinski definition) is 1. The maximum absolute atomic E-state index is 5.87. The third-order valence-electron chi connectivity index (χ3n) is 3.02. The molecule has 0 spiro atoms. The first-order chi connectivity index (χ1) is 9.49. The van der Waals surface area contributed by atoms with Crippen molar-refractivity contribution in [2.45, 2.75) is 46.0 Å². The van der Waals surface area contributed by atoms with E-state index < -0.39 is 0 Å². The predicted molar refractivity (Wildman–Crippen MR) is 89.1 cm³/mol. The molecule has 108 valence electrons. The van der Waals surface area contributed by atoms with Crippen molar-refractivity contribution < 1.29 is 4.74 Å². The fraction of sp³-hybridized carbons (Fsp3) is 0.438. The summed E-state index contributed by atoms with van der Waals surface area (Å²) >= 11 is 6.09. The number of thiazole rings is 1. The molecule has 1 aromatic carbocycles. The fourth-order valence-corrected chi connectivity index (χ4v) is 3.55. The van der Waals surface area contributed by atoms with Crippen molar-refractivity contribution in [2.75, 3.05) is 0 Å². The number of hydrogen-bond acceptors (Lipinski definition) is 4. The highest BCUT2D eigenvalue weighted by atomic mass is 32.1. The number of thiol groups is 1. The maximum atomic E-state index is 5.87. The van der Waals surface area contributed by atoms with Gasteiger partial charge in [-0.2, -0.15) is 12.6 Å². The molecule has 0 aliphatic carbocycles. The molecule has 1 aromatic heterocycles. The van der Waals surface area contributed by atoms with E-state index in [0.717, 1.165) is 22.2 Å². The zero-order chi connectivity index (χ0) is 14.7. The Hall–Kier alpha value is -1.000. The Kier molecular flexibility index (Phi) is 5.11. The van der Waals surface area contributed by atoms with Gasteiger partial charge in [-0.05, 0) is 43.0 Å². The Morgan fingerprint density at radius 3 is 2.35 bits per heavy atom. The number of nitrogens with zero attached hydrogens (tertiary/aromatic N) is 1. The molecule has 0 saturated heterocycles. The molecule has 0 aliphatic rings. The molecule has 2 aromatic rings. The first-order valence-electron chi connectivity index (χ1n) is 6.80. The molecule has 0 unspecified atom stereocenters. The second-order valence-electron chi connectivity index (χ2n) is 5.34. The highest BCUT2D eigenvalue weighted by molar-refractivity contribution is 7.79. The molecule has 0 N–H and O–H groups in total. The first kappa shape index (κ1) is 15.4. The summed E-state index contributed by atoms with van der Waals surface area (Å²) in [6, 6.07) is 6.26. The Morgan fingerprint density at radius 2 is 1.85 bits per heavy atom. The van der Waals surface area contributed by atoms with E-state index in [4.69, 9.17) is 4.74 Å². The quantitative estimate of drug-likeness (QED) is 0.794. The van der Waals surface area contributed by atoms with Crippen molar-refractivity contribution in [3.8, 4) is 5.75 Å². The van der Waals surface area contributed by atoms with E-state index in [1.54, 1.807) is 11.3 Å².